The molecule has 0 aliphatic carbocycles. The molecule has 1 N–H and O–H groups in total. The van der Waals surface area contributed by atoms with Crippen molar-refractivity contribution < 1.29 is 13.9 Å². The van der Waals surface area contributed by atoms with E-state index >= 15 is 0 Å². The summed E-state index contributed by atoms with van der Waals surface area (Å²) in [6.07, 6.45) is 4.28. The summed E-state index contributed by atoms with van der Waals surface area (Å²) in [6.45, 7) is 9.67. The van der Waals surface area contributed by atoms with Crippen molar-refractivity contribution in [1.29, 1.82) is 0 Å². The maximum absolute atomic E-state index is 14.3. The molecular formula is C24H28FN7O2. The number of anilines is 2. The molecule has 34 heavy (non-hydrogen) atoms. The highest BCUT2D eigenvalue weighted by Gasteiger charge is 2.38. The highest BCUT2D eigenvalue weighted by molar-refractivity contribution is 5.88. The van der Waals surface area contributed by atoms with Gasteiger partial charge in [0.1, 0.15) is 18.6 Å². The van der Waals surface area contributed by atoms with Crippen LogP contribution in [0.4, 0.5) is 21.1 Å². The van der Waals surface area contributed by atoms with Gasteiger partial charge < -0.3 is 10.1 Å². The molecule has 0 bridgehead atoms. The first-order valence-corrected chi connectivity index (χ1v) is 11.1. The van der Waals surface area contributed by atoms with Crippen molar-refractivity contribution in [3.63, 3.8) is 0 Å². The van der Waals surface area contributed by atoms with Gasteiger partial charge in [-0.25, -0.2) is 24.1 Å². The van der Waals surface area contributed by atoms with Gasteiger partial charge in [-0.3, -0.25) is 9.97 Å². The second-order valence-electron chi connectivity index (χ2n) is 9.11. The summed E-state index contributed by atoms with van der Waals surface area (Å²) in [7, 11) is 0. The summed E-state index contributed by atoms with van der Waals surface area (Å²) in [5.41, 5.74) is 2.40. The molecule has 0 aromatic carbocycles. The Kier molecular flexibility index (Phi) is 6.41. The van der Waals surface area contributed by atoms with Gasteiger partial charge in [-0.15, -0.1) is 0 Å². The van der Waals surface area contributed by atoms with Crippen molar-refractivity contribution in [3.05, 3.63) is 53.9 Å². The number of pyridine rings is 2. The van der Waals surface area contributed by atoms with E-state index in [1.807, 2.05) is 32.9 Å². The van der Waals surface area contributed by atoms with Crippen molar-refractivity contribution in [1.82, 2.24) is 24.9 Å². The van der Waals surface area contributed by atoms with Crippen LogP contribution in [0.15, 0.2) is 36.9 Å². The predicted molar refractivity (Wildman–Crippen MR) is 126 cm³/mol. The average Bonchev–Trinajstić information content (AvgIpc) is 3.19. The van der Waals surface area contributed by atoms with Crippen LogP contribution in [-0.4, -0.2) is 43.7 Å². The number of nitrogens with zero attached hydrogens (tertiary/aromatic N) is 6. The van der Waals surface area contributed by atoms with Crippen LogP contribution in [0.1, 0.15) is 44.6 Å². The minimum Gasteiger partial charge on any atom is -0.447 e. The van der Waals surface area contributed by atoms with Crippen molar-refractivity contribution >= 4 is 18.0 Å². The summed E-state index contributed by atoms with van der Waals surface area (Å²) >= 11 is 0. The van der Waals surface area contributed by atoms with Gasteiger partial charge in [0, 0.05) is 18.0 Å². The molecule has 4 rings (SSSR count). The molecule has 0 radical (unpaired) electrons. The second kappa shape index (κ2) is 9.28. The van der Waals surface area contributed by atoms with Crippen LogP contribution < -0.4 is 10.2 Å². The molecule has 9 nitrogen and oxygen atoms in total. The van der Waals surface area contributed by atoms with Gasteiger partial charge in [0.05, 0.1) is 24.0 Å². The number of hydrogen-bond acceptors (Lipinski definition) is 8. The second-order valence-corrected chi connectivity index (χ2v) is 9.11. The van der Waals surface area contributed by atoms with E-state index in [-0.39, 0.29) is 17.9 Å². The zero-order valence-corrected chi connectivity index (χ0v) is 19.9. The summed E-state index contributed by atoms with van der Waals surface area (Å²) in [5, 5.41) is 3.14. The van der Waals surface area contributed by atoms with E-state index in [2.05, 4.69) is 30.2 Å². The Morgan fingerprint density at radius 2 is 2.03 bits per heavy atom. The van der Waals surface area contributed by atoms with Crippen LogP contribution in [0.25, 0.3) is 11.1 Å². The number of cyclic esters (lactones) is 1. The third-order valence-electron chi connectivity index (χ3n) is 5.73. The molecule has 3 aromatic rings. The summed E-state index contributed by atoms with van der Waals surface area (Å²) in [6, 6.07) is 5.42. The van der Waals surface area contributed by atoms with Crippen LogP contribution in [0.3, 0.4) is 0 Å². The minimum absolute atomic E-state index is 0.128. The number of amides is 1. The van der Waals surface area contributed by atoms with E-state index < -0.39 is 11.8 Å². The molecule has 1 fully saturated rings. The zero-order valence-electron chi connectivity index (χ0n) is 19.9. The lowest BCUT2D eigenvalue weighted by atomic mass is 9.99. The average molecular weight is 466 g/mol. The lowest BCUT2D eigenvalue weighted by Gasteiger charge is -2.22. The number of carbonyl (C=O) groups is 1. The van der Waals surface area contributed by atoms with Crippen LogP contribution in [0.5, 0.6) is 0 Å². The third-order valence-corrected chi connectivity index (χ3v) is 5.73. The van der Waals surface area contributed by atoms with Gasteiger partial charge in [0.2, 0.25) is 11.9 Å². The standard InChI is InChI=1S/C24H28FN7O2/c1-14(2)19-12-34-23(33)32(19)22-30-13-29-21(31-22)28-10-17-8-15(3)18(11-27-17)16-6-7-26-20(9-16)24(4,5)25/h6-9,11,13-14,19H,10,12H2,1-5H3,(H,28,29,30,31)/t19-/m1/s1. The molecule has 3 aromatic heterocycles. The largest absolute Gasteiger partial charge is 0.447 e. The van der Waals surface area contributed by atoms with Crippen LogP contribution in [0.2, 0.25) is 0 Å². The van der Waals surface area contributed by atoms with Gasteiger partial charge in [-0.2, -0.15) is 4.98 Å². The summed E-state index contributed by atoms with van der Waals surface area (Å²) < 4.78 is 19.5. The summed E-state index contributed by atoms with van der Waals surface area (Å²) in [4.78, 5) is 35.1. The molecule has 0 spiro atoms. The Labute approximate surface area is 197 Å². The van der Waals surface area contributed by atoms with Crippen molar-refractivity contribution in [2.24, 2.45) is 5.92 Å². The number of nitrogens with one attached hydrogen (secondary N) is 1. The number of hydrogen-bond donors (Lipinski definition) is 1. The monoisotopic (exact) mass is 465 g/mol. The maximum atomic E-state index is 14.3. The smallest absolute Gasteiger partial charge is 0.417 e. The molecule has 0 unspecified atom stereocenters. The molecular weight excluding hydrogens is 437 g/mol. The quantitative estimate of drug-likeness (QED) is 0.546. The first-order chi connectivity index (χ1) is 16.1. The molecule has 1 saturated heterocycles. The van der Waals surface area contributed by atoms with E-state index in [0.717, 1.165) is 22.4 Å². The SMILES string of the molecule is Cc1cc(CNc2ncnc(N3C(=O)OC[C@@H]3C(C)C)n2)ncc1-c1ccnc(C(C)(C)F)c1. The fourth-order valence-electron chi connectivity index (χ4n) is 3.75. The minimum atomic E-state index is -1.52. The Bertz CT molecular complexity index is 1200. The lowest BCUT2D eigenvalue weighted by molar-refractivity contribution is 0.177. The fourth-order valence-corrected chi connectivity index (χ4v) is 3.75. The number of ether oxygens (including phenoxy) is 1. The van der Waals surface area contributed by atoms with Gasteiger partial charge in [0.15, 0.2) is 0 Å². The molecule has 10 heteroatoms. The molecule has 178 valence electrons. The Morgan fingerprint density at radius 3 is 2.74 bits per heavy atom. The number of carbonyl (C=O) groups excluding carboxylic acids is 1. The molecule has 1 amide bonds. The number of aromatic nitrogens is 5. The Balaban J connectivity index is 1.49. The van der Waals surface area contributed by atoms with E-state index in [9.17, 15) is 9.18 Å². The normalized spacial score (nSPS) is 16.1. The van der Waals surface area contributed by atoms with E-state index in [0.29, 0.717) is 24.8 Å². The van der Waals surface area contributed by atoms with Gasteiger partial charge in [-0.05, 0) is 56.0 Å². The van der Waals surface area contributed by atoms with Crippen molar-refractivity contribution in [2.45, 2.75) is 52.9 Å². The first-order valence-electron chi connectivity index (χ1n) is 11.1. The Morgan fingerprint density at radius 1 is 1.24 bits per heavy atom. The maximum Gasteiger partial charge on any atom is 0.417 e. The van der Waals surface area contributed by atoms with Gasteiger partial charge >= 0.3 is 6.09 Å². The van der Waals surface area contributed by atoms with E-state index in [1.54, 1.807) is 18.5 Å². The molecule has 1 atom stereocenters. The van der Waals surface area contributed by atoms with E-state index in [4.69, 9.17) is 4.74 Å². The van der Waals surface area contributed by atoms with E-state index in [1.165, 1.54) is 25.1 Å². The fraction of sp³-hybridized carbons (Fsp3) is 0.417. The highest BCUT2D eigenvalue weighted by Crippen LogP contribution is 2.29. The van der Waals surface area contributed by atoms with Crippen LogP contribution >= 0.6 is 0 Å². The molecule has 1 aliphatic rings. The first kappa shape index (κ1) is 23.5. The summed E-state index contributed by atoms with van der Waals surface area (Å²) in [5.74, 6) is 0.778. The molecule has 4 heterocycles. The molecule has 1 aliphatic heterocycles. The number of rotatable bonds is 7. The Hall–Kier alpha value is -3.69. The predicted octanol–water partition coefficient (Wildman–Crippen LogP) is 4.43. The topological polar surface area (TPSA) is 106 Å². The third kappa shape index (κ3) is 4.95. The number of aryl methyl sites for hydroxylation is 1. The van der Waals surface area contributed by atoms with Gasteiger partial charge in [-0.1, -0.05) is 13.8 Å². The van der Waals surface area contributed by atoms with Crippen LogP contribution in [-0.2, 0) is 17.0 Å². The van der Waals surface area contributed by atoms with Crippen molar-refractivity contribution in [3.8, 4) is 11.1 Å². The molecule has 0 saturated carbocycles. The number of alkyl halides is 1. The van der Waals surface area contributed by atoms with Crippen molar-refractivity contribution in [2.75, 3.05) is 16.8 Å². The lowest BCUT2D eigenvalue weighted by Crippen LogP contribution is -2.38. The van der Waals surface area contributed by atoms with Gasteiger partial charge in [0.25, 0.3) is 0 Å². The van der Waals surface area contributed by atoms with Crippen LogP contribution in [0, 0.1) is 12.8 Å². The highest BCUT2D eigenvalue weighted by atomic mass is 19.1. The number of halogens is 1. The zero-order chi connectivity index (χ0) is 24.5.